The Kier molecular flexibility index (Phi) is 3.24. The van der Waals surface area contributed by atoms with E-state index in [0.29, 0.717) is 11.0 Å². The van der Waals surface area contributed by atoms with Crippen molar-refractivity contribution in [2.24, 2.45) is 0 Å². The summed E-state index contributed by atoms with van der Waals surface area (Å²) in [7, 11) is -1.46. The van der Waals surface area contributed by atoms with Gasteiger partial charge in [-0.15, -0.1) is 0 Å². The highest BCUT2D eigenvalue weighted by atomic mass is 16.4. The van der Waals surface area contributed by atoms with Gasteiger partial charge in [0.1, 0.15) is 0 Å². The van der Waals surface area contributed by atoms with Gasteiger partial charge in [-0.25, -0.2) is 0 Å². The summed E-state index contributed by atoms with van der Waals surface area (Å²) in [5.74, 6) is 0. The minimum absolute atomic E-state index is 0.451. The van der Waals surface area contributed by atoms with E-state index in [1.54, 1.807) is 30.3 Å². The van der Waals surface area contributed by atoms with Gasteiger partial charge in [-0.3, -0.25) is 0 Å². The van der Waals surface area contributed by atoms with Crippen molar-refractivity contribution in [2.45, 2.75) is 0 Å². The lowest BCUT2D eigenvalue weighted by molar-refractivity contribution is 0.426. The fourth-order valence-corrected chi connectivity index (χ4v) is 1.62. The van der Waals surface area contributed by atoms with E-state index in [9.17, 15) is 0 Å². The van der Waals surface area contributed by atoms with Crippen LogP contribution in [0, 0.1) is 11.3 Å². The largest absolute Gasteiger partial charge is 0.488 e. The second-order valence-electron chi connectivity index (χ2n) is 3.69. The Morgan fingerprint density at radius 2 is 1.65 bits per heavy atom. The van der Waals surface area contributed by atoms with Gasteiger partial charge in [0.15, 0.2) is 0 Å². The van der Waals surface area contributed by atoms with Crippen LogP contribution >= 0.6 is 0 Å². The van der Waals surface area contributed by atoms with Gasteiger partial charge in [-0.05, 0) is 28.7 Å². The van der Waals surface area contributed by atoms with Crippen LogP contribution in [0.2, 0.25) is 0 Å². The molecule has 4 heteroatoms. The average Bonchev–Trinajstić information content (AvgIpc) is 2.39. The van der Waals surface area contributed by atoms with Crippen LogP contribution in [0.4, 0.5) is 0 Å². The van der Waals surface area contributed by atoms with Crippen LogP contribution in [0.15, 0.2) is 48.5 Å². The Hall–Kier alpha value is -2.09. The fourth-order valence-electron chi connectivity index (χ4n) is 1.62. The van der Waals surface area contributed by atoms with Gasteiger partial charge in [0, 0.05) is 0 Å². The van der Waals surface area contributed by atoms with E-state index >= 15 is 0 Å². The van der Waals surface area contributed by atoms with Gasteiger partial charge >= 0.3 is 7.12 Å². The van der Waals surface area contributed by atoms with Crippen LogP contribution in [-0.4, -0.2) is 17.2 Å². The van der Waals surface area contributed by atoms with Crippen LogP contribution < -0.4 is 5.46 Å². The Balaban J connectivity index is 2.39. The van der Waals surface area contributed by atoms with E-state index in [1.807, 2.05) is 18.2 Å². The van der Waals surface area contributed by atoms with Crippen molar-refractivity contribution in [2.75, 3.05) is 0 Å². The van der Waals surface area contributed by atoms with E-state index in [-0.39, 0.29) is 0 Å². The quantitative estimate of drug-likeness (QED) is 0.743. The average molecular weight is 223 g/mol. The Morgan fingerprint density at radius 1 is 0.941 bits per heavy atom. The molecule has 2 aromatic carbocycles. The molecule has 0 aliphatic rings. The van der Waals surface area contributed by atoms with Crippen molar-refractivity contribution >= 4 is 12.6 Å². The van der Waals surface area contributed by atoms with E-state index in [2.05, 4.69) is 6.07 Å². The minimum atomic E-state index is -1.46. The monoisotopic (exact) mass is 223 g/mol. The molecule has 0 saturated carbocycles. The summed E-state index contributed by atoms with van der Waals surface area (Å²) in [6.45, 7) is 0. The first-order valence-corrected chi connectivity index (χ1v) is 5.17. The summed E-state index contributed by atoms with van der Waals surface area (Å²) in [6, 6.07) is 16.2. The van der Waals surface area contributed by atoms with Gasteiger partial charge in [-0.1, -0.05) is 36.4 Å². The van der Waals surface area contributed by atoms with Crippen LogP contribution in [-0.2, 0) is 0 Å². The molecule has 0 aromatic heterocycles. The summed E-state index contributed by atoms with van der Waals surface area (Å²) >= 11 is 0. The second-order valence-corrected chi connectivity index (χ2v) is 3.69. The lowest BCUT2D eigenvalue weighted by Crippen LogP contribution is -2.29. The maximum atomic E-state index is 9.09. The first-order chi connectivity index (χ1) is 8.20. The molecule has 2 N–H and O–H groups in total. The molecule has 2 rings (SSSR count). The molecular formula is C13H10BNO2. The number of hydrogen-bond donors (Lipinski definition) is 2. The van der Waals surface area contributed by atoms with Crippen LogP contribution in [0.5, 0.6) is 0 Å². The predicted octanol–water partition coefficient (Wildman–Crippen LogP) is 0.905. The zero-order chi connectivity index (χ0) is 12.3. The van der Waals surface area contributed by atoms with Gasteiger partial charge in [0.25, 0.3) is 0 Å². The molecule has 0 radical (unpaired) electrons. The molecule has 3 nitrogen and oxygen atoms in total. The Labute approximate surface area is 99.7 Å². The third-order valence-electron chi connectivity index (χ3n) is 2.53. The minimum Gasteiger partial charge on any atom is -0.423 e. The third kappa shape index (κ3) is 2.54. The predicted molar refractivity (Wildman–Crippen MR) is 66.4 cm³/mol. The highest BCUT2D eigenvalue weighted by molar-refractivity contribution is 6.58. The summed E-state index contributed by atoms with van der Waals surface area (Å²) in [5.41, 5.74) is 2.88. The molecule has 2 aromatic rings. The van der Waals surface area contributed by atoms with Gasteiger partial charge in [-0.2, -0.15) is 5.26 Å². The normalized spacial score (nSPS) is 9.71. The molecule has 0 atom stereocenters. The number of hydrogen-bond acceptors (Lipinski definition) is 3. The van der Waals surface area contributed by atoms with Crippen molar-refractivity contribution < 1.29 is 10.0 Å². The molecule has 0 spiro atoms. The molecular weight excluding hydrogens is 213 g/mol. The molecule has 0 fully saturated rings. The van der Waals surface area contributed by atoms with Crippen LogP contribution in [0.25, 0.3) is 11.1 Å². The number of rotatable bonds is 2. The molecule has 0 saturated heterocycles. The number of nitrogens with zero attached hydrogens (tertiary/aromatic N) is 1. The van der Waals surface area contributed by atoms with Gasteiger partial charge < -0.3 is 10.0 Å². The summed E-state index contributed by atoms with van der Waals surface area (Å²) in [6.07, 6.45) is 0. The topological polar surface area (TPSA) is 64.2 Å². The number of benzene rings is 2. The van der Waals surface area contributed by atoms with Crippen molar-refractivity contribution in [1.29, 1.82) is 5.26 Å². The van der Waals surface area contributed by atoms with Crippen molar-refractivity contribution in [3.63, 3.8) is 0 Å². The van der Waals surface area contributed by atoms with Crippen LogP contribution in [0.3, 0.4) is 0 Å². The maximum absolute atomic E-state index is 9.09. The Morgan fingerprint density at radius 3 is 2.24 bits per heavy atom. The molecule has 0 bridgehead atoms. The summed E-state index contributed by atoms with van der Waals surface area (Å²) in [4.78, 5) is 0. The molecule has 0 amide bonds. The van der Waals surface area contributed by atoms with Crippen LogP contribution in [0.1, 0.15) is 5.56 Å². The van der Waals surface area contributed by atoms with Gasteiger partial charge in [0.2, 0.25) is 0 Å². The summed E-state index contributed by atoms with van der Waals surface area (Å²) < 4.78 is 0. The zero-order valence-electron chi connectivity index (χ0n) is 9.04. The van der Waals surface area contributed by atoms with E-state index < -0.39 is 7.12 Å². The molecule has 0 unspecified atom stereocenters. The first-order valence-electron chi connectivity index (χ1n) is 5.17. The highest BCUT2D eigenvalue weighted by Crippen LogP contribution is 2.18. The van der Waals surface area contributed by atoms with E-state index in [0.717, 1.165) is 11.1 Å². The molecule has 17 heavy (non-hydrogen) atoms. The maximum Gasteiger partial charge on any atom is 0.488 e. The molecule has 0 aliphatic heterocycles. The SMILES string of the molecule is N#Cc1ccc(-c2cccc(B(O)O)c2)cc1. The smallest absolute Gasteiger partial charge is 0.423 e. The summed E-state index contributed by atoms with van der Waals surface area (Å²) in [5, 5.41) is 26.9. The van der Waals surface area contributed by atoms with Crippen molar-refractivity contribution in [3.05, 3.63) is 54.1 Å². The Bertz CT molecular complexity index is 558. The van der Waals surface area contributed by atoms with Crippen molar-refractivity contribution in [1.82, 2.24) is 0 Å². The van der Waals surface area contributed by atoms with E-state index in [1.165, 1.54) is 0 Å². The first kappa shape index (κ1) is 11.4. The lowest BCUT2D eigenvalue weighted by Gasteiger charge is -2.04. The number of nitriles is 1. The molecule has 0 aliphatic carbocycles. The zero-order valence-corrected chi connectivity index (χ0v) is 9.04. The molecule has 82 valence electrons. The second kappa shape index (κ2) is 4.83. The fraction of sp³-hybridized carbons (Fsp3) is 0. The standard InChI is InChI=1S/C13H10BNO2/c15-9-10-4-6-11(7-5-10)12-2-1-3-13(8-12)14(16)17/h1-8,16-17H. The van der Waals surface area contributed by atoms with Gasteiger partial charge in [0.05, 0.1) is 11.6 Å². The highest BCUT2D eigenvalue weighted by Gasteiger charge is 2.11. The van der Waals surface area contributed by atoms with Crippen molar-refractivity contribution in [3.8, 4) is 17.2 Å². The lowest BCUT2D eigenvalue weighted by atomic mass is 9.79. The molecule has 0 heterocycles. The third-order valence-corrected chi connectivity index (χ3v) is 2.53. The van der Waals surface area contributed by atoms with E-state index in [4.69, 9.17) is 15.3 Å².